The number of hydrogen-bond donors (Lipinski definition) is 1. The first-order chi connectivity index (χ1) is 11.7. The molecule has 0 saturated carbocycles. The van der Waals surface area contributed by atoms with Gasteiger partial charge in [-0.05, 0) is 37.3 Å². The quantitative estimate of drug-likeness (QED) is 0.619. The molecule has 2 heterocycles. The number of rotatable bonds is 7. The number of hydrogen-bond acceptors (Lipinski definition) is 5. The van der Waals surface area contributed by atoms with E-state index < -0.39 is 0 Å². The van der Waals surface area contributed by atoms with Gasteiger partial charge in [0.15, 0.2) is 0 Å². The van der Waals surface area contributed by atoms with E-state index in [0.29, 0.717) is 29.5 Å². The summed E-state index contributed by atoms with van der Waals surface area (Å²) >= 11 is 0. The molecule has 0 aromatic carbocycles. The number of allylic oxidation sites excluding steroid dienone is 3. The number of ether oxygens (including phenoxy) is 2. The highest BCUT2D eigenvalue weighted by Gasteiger charge is 2.13. The van der Waals surface area contributed by atoms with Gasteiger partial charge in [-0.2, -0.15) is 0 Å². The van der Waals surface area contributed by atoms with E-state index in [9.17, 15) is 0 Å². The van der Waals surface area contributed by atoms with Gasteiger partial charge in [-0.25, -0.2) is 4.98 Å². The molecule has 0 spiro atoms. The molecule has 0 aliphatic rings. The molecule has 0 unspecified atom stereocenters. The molecule has 0 radical (unpaired) electrons. The average molecular weight is 323 g/mol. The molecule has 2 rings (SSSR count). The van der Waals surface area contributed by atoms with Crippen LogP contribution in [0, 0.1) is 0 Å². The maximum Gasteiger partial charge on any atom is 0.227 e. The summed E-state index contributed by atoms with van der Waals surface area (Å²) in [5, 5.41) is 0. The number of aromatic nitrogens is 2. The van der Waals surface area contributed by atoms with E-state index in [0.717, 1.165) is 11.1 Å². The van der Waals surface area contributed by atoms with Gasteiger partial charge in [0.05, 0.1) is 7.11 Å². The third kappa shape index (κ3) is 4.46. The molecular formula is C19H21N3O2. The van der Waals surface area contributed by atoms with E-state index >= 15 is 0 Å². The molecular weight excluding hydrogens is 302 g/mol. The minimum atomic E-state index is 0.480. The molecule has 124 valence electrons. The maximum absolute atomic E-state index is 5.94. The van der Waals surface area contributed by atoms with E-state index in [1.807, 2.05) is 37.3 Å². The van der Waals surface area contributed by atoms with Crippen LogP contribution >= 0.6 is 0 Å². The van der Waals surface area contributed by atoms with Gasteiger partial charge >= 0.3 is 0 Å². The smallest absolute Gasteiger partial charge is 0.227 e. The van der Waals surface area contributed by atoms with E-state index in [-0.39, 0.29) is 0 Å². The van der Waals surface area contributed by atoms with Crippen LogP contribution in [0.1, 0.15) is 13.3 Å². The molecule has 0 aliphatic heterocycles. The first-order valence-corrected chi connectivity index (χ1v) is 7.53. The van der Waals surface area contributed by atoms with Crippen molar-refractivity contribution in [1.29, 1.82) is 0 Å². The maximum atomic E-state index is 5.94. The molecule has 5 nitrogen and oxygen atoms in total. The lowest BCUT2D eigenvalue weighted by atomic mass is 10.1. The Morgan fingerprint density at radius 3 is 2.83 bits per heavy atom. The fraction of sp³-hybridized carbons (Fsp3) is 0.158. The second kappa shape index (κ2) is 8.53. The molecule has 2 N–H and O–H groups in total. The summed E-state index contributed by atoms with van der Waals surface area (Å²) in [6.07, 6.45) is 11.3. The number of nitrogens with zero attached hydrogens (tertiary/aromatic N) is 2. The highest BCUT2D eigenvalue weighted by molar-refractivity contribution is 5.73. The number of pyridine rings is 2. The Balaban J connectivity index is 2.32. The standard InChI is InChI=1S/C19H21N3O2/c1-4-15(8-5-7-14(2)20)24-19-16(9-6-11-22-19)17-13-21-12-10-18(17)23-3/h4-6,8-13H,2,7,20H2,1,3H3/b8-5-,15-4+. The third-order valence-corrected chi connectivity index (χ3v) is 3.22. The van der Waals surface area contributed by atoms with Crippen molar-refractivity contribution >= 4 is 0 Å². The van der Waals surface area contributed by atoms with Crippen LogP contribution in [0.3, 0.4) is 0 Å². The van der Waals surface area contributed by atoms with Crippen LogP contribution < -0.4 is 15.2 Å². The minimum absolute atomic E-state index is 0.480. The minimum Gasteiger partial charge on any atom is -0.496 e. The number of nitrogens with two attached hydrogens (primary N) is 1. The van der Waals surface area contributed by atoms with Crippen LogP contribution in [0.4, 0.5) is 0 Å². The predicted octanol–water partition coefficient (Wildman–Crippen LogP) is 3.85. The zero-order chi connectivity index (χ0) is 17.4. The summed E-state index contributed by atoms with van der Waals surface area (Å²) in [7, 11) is 1.62. The second-order valence-electron chi connectivity index (χ2n) is 4.99. The fourth-order valence-electron chi connectivity index (χ4n) is 2.07. The van der Waals surface area contributed by atoms with Crippen molar-refractivity contribution in [3.05, 3.63) is 73.1 Å². The largest absolute Gasteiger partial charge is 0.496 e. The van der Waals surface area contributed by atoms with Gasteiger partial charge in [0, 0.05) is 41.8 Å². The monoisotopic (exact) mass is 323 g/mol. The first-order valence-electron chi connectivity index (χ1n) is 7.53. The molecule has 0 saturated heterocycles. The van der Waals surface area contributed by atoms with Gasteiger partial charge < -0.3 is 15.2 Å². The fourth-order valence-corrected chi connectivity index (χ4v) is 2.07. The molecule has 2 aromatic rings. The lowest BCUT2D eigenvalue weighted by Crippen LogP contribution is -1.98. The zero-order valence-electron chi connectivity index (χ0n) is 13.9. The van der Waals surface area contributed by atoms with Crippen molar-refractivity contribution in [2.24, 2.45) is 5.73 Å². The van der Waals surface area contributed by atoms with Crippen molar-refractivity contribution < 1.29 is 9.47 Å². The highest BCUT2D eigenvalue weighted by Crippen LogP contribution is 2.34. The lowest BCUT2D eigenvalue weighted by Gasteiger charge is -2.12. The lowest BCUT2D eigenvalue weighted by molar-refractivity contribution is 0.413. The van der Waals surface area contributed by atoms with E-state index in [1.54, 1.807) is 31.8 Å². The Kier molecular flexibility index (Phi) is 6.14. The van der Waals surface area contributed by atoms with Gasteiger partial charge in [0.1, 0.15) is 11.5 Å². The van der Waals surface area contributed by atoms with E-state index in [1.165, 1.54) is 0 Å². The summed E-state index contributed by atoms with van der Waals surface area (Å²) in [5.74, 6) is 1.85. The average Bonchev–Trinajstić information content (AvgIpc) is 2.61. The molecule has 5 heteroatoms. The Morgan fingerprint density at radius 1 is 1.29 bits per heavy atom. The molecule has 0 atom stereocenters. The SMILES string of the molecule is C=C(N)C/C=C\C(=C/C)Oc1ncccc1-c1cnccc1OC. The van der Waals surface area contributed by atoms with Crippen LogP contribution in [-0.4, -0.2) is 17.1 Å². The van der Waals surface area contributed by atoms with E-state index in [4.69, 9.17) is 15.2 Å². The van der Waals surface area contributed by atoms with Crippen LogP contribution in [-0.2, 0) is 0 Å². The molecule has 0 fully saturated rings. The predicted molar refractivity (Wildman–Crippen MR) is 95.5 cm³/mol. The summed E-state index contributed by atoms with van der Waals surface area (Å²) in [6, 6.07) is 5.56. The Morgan fingerprint density at radius 2 is 2.12 bits per heavy atom. The van der Waals surface area contributed by atoms with Gasteiger partial charge in [0.2, 0.25) is 5.88 Å². The number of methoxy groups -OCH3 is 1. The Hall–Kier alpha value is -3.08. The first kappa shape index (κ1) is 17.3. The topological polar surface area (TPSA) is 70.3 Å². The van der Waals surface area contributed by atoms with Gasteiger partial charge in [-0.15, -0.1) is 0 Å². The summed E-state index contributed by atoms with van der Waals surface area (Å²) in [5.41, 5.74) is 7.78. The van der Waals surface area contributed by atoms with Crippen molar-refractivity contribution in [1.82, 2.24) is 9.97 Å². The van der Waals surface area contributed by atoms with E-state index in [2.05, 4.69) is 16.5 Å². The van der Waals surface area contributed by atoms with Gasteiger partial charge in [0.25, 0.3) is 0 Å². The molecule has 0 bridgehead atoms. The summed E-state index contributed by atoms with van der Waals surface area (Å²) in [4.78, 5) is 8.50. The van der Waals surface area contributed by atoms with Crippen LogP contribution in [0.5, 0.6) is 11.6 Å². The van der Waals surface area contributed by atoms with Crippen molar-refractivity contribution in [2.45, 2.75) is 13.3 Å². The van der Waals surface area contributed by atoms with Crippen molar-refractivity contribution in [3.8, 4) is 22.8 Å². The third-order valence-electron chi connectivity index (χ3n) is 3.22. The van der Waals surface area contributed by atoms with Crippen LogP contribution in [0.2, 0.25) is 0 Å². The normalized spacial score (nSPS) is 11.5. The van der Waals surface area contributed by atoms with Gasteiger partial charge in [-0.3, -0.25) is 4.98 Å². The molecule has 0 aliphatic carbocycles. The molecule has 2 aromatic heterocycles. The van der Waals surface area contributed by atoms with Crippen LogP contribution in [0.25, 0.3) is 11.1 Å². The second-order valence-corrected chi connectivity index (χ2v) is 4.99. The highest BCUT2D eigenvalue weighted by atomic mass is 16.5. The summed E-state index contributed by atoms with van der Waals surface area (Å²) in [6.45, 7) is 5.56. The zero-order valence-corrected chi connectivity index (χ0v) is 13.9. The summed E-state index contributed by atoms with van der Waals surface area (Å²) < 4.78 is 11.3. The van der Waals surface area contributed by atoms with Crippen LogP contribution in [0.15, 0.2) is 73.1 Å². The van der Waals surface area contributed by atoms with Crippen molar-refractivity contribution in [2.75, 3.05) is 7.11 Å². The van der Waals surface area contributed by atoms with Crippen molar-refractivity contribution in [3.63, 3.8) is 0 Å². The molecule has 24 heavy (non-hydrogen) atoms. The Labute approximate surface area is 142 Å². The van der Waals surface area contributed by atoms with Gasteiger partial charge in [-0.1, -0.05) is 12.7 Å². The Bertz CT molecular complexity index is 767. The molecule has 0 amide bonds.